The summed E-state index contributed by atoms with van der Waals surface area (Å²) in [6, 6.07) is 84.9. The van der Waals surface area contributed by atoms with Gasteiger partial charge >= 0.3 is 0 Å². The molecule has 0 saturated heterocycles. The lowest BCUT2D eigenvalue weighted by Gasteiger charge is -2.35. The summed E-state index contributed by atoms with van der Waals surface area (Å²) in [5.74, 6) is 0. The van der Waals surface area contributed by atoms with Crippen molar-refractivity contribution < 1.29 is 0 Å². The highest BCUT2D eigenvalue weighted by atomic mass is 14.6. The summed E-state index contributed by atoms with van der Waals surface area (Å²) in [4.78, 5) is 0. The van der Waals surface area contributed by atoms with Gasteiger partial charge in [-0.1, -0.05) is 216 Å². The van der Waals surface area contributed by atoms with Gasteiger partial charge in [-0.25, -0.2) is 0 Å². The largest absolute Gasteiger partial charge is 0.0725 e. The molecule has 0 N–H and O–H groups in total. The van der Waals surface area contributed by atoms with E-state index in [4.69, 9.17) is 0 Å². The summed E-state index contributed by atoms with van der Waals surface area (Å²) in [6.07, 6.45) is 0. The number of aryl methyl sites for hydroxylation is 4. The molecule has 0 bridgehead atoms. The summed E-state index contributed by atoms with van der Waals surface area (Å²) >= 11 is 0. The van der Waals surface area contributed by atoms with Gasteiger partial charge in [0.05, 0.1) is 16.2 Å². The number of hydrogen-bond donors (Lipinski definition) is 0. The van der Waals surface area contributed by atoms with E-state index in [1.807, 2.05) is 0 Å². The van der Waals surface area contributed by atoms with Crippen molar-refractivity contribution in [3.05, 3.63) is 307 Å². The van der Waals surface area contributed by atoms with Gasteiger partial charge < -0.3 is 0 Å². The normalized spacial score (nSPS) is 15.2. The van der Waals surface area contributed by atoms with Crippen LogP contribution in [0.15, 0.2) is 218 Å². The molecule has 0 aromatic heterocycles. The predicted molar refractivity (Wildman–Crippen MR) is 276 cm³/mol. The number of benzene rings is 10. The van der Waals surface area contributed by atoms with Crippen LogP contribution >= 0.6 is 0 Å². The quantitative estimate of drug-likeness (QED) is 0.165. The Balaban J connectivity index is 1.10. The minimum atomic E-state index is -0.538. The molecule has 0 aliphatic heterocycles. The van der Waals surface area contributed by atoms with Crippen molar-refractivity contribution in [3.8, 4) is 44.5 Å². The van der Waals surface area contributed by atoms with E-state index in [1.165, 1.54) is 134 Å². The van der Waals surface area contributed by atoms with Crippen molar-refractivity contribution in [1.29, 1.82) is 0 Å². The number of rotatable bonds is 4. The molecule has 10 aromatic rings. The van der Waals surface area contributed by atoms with Crippen molar-refractivity contribution in [2.75, 3.05) is 0 Å². The van der Waals surface area contributed by atoms with Gasteiger partial charge in [0.15, 0.2) is 0 Å². The van der Waals surface area contributed by atoms with E-state index in [2.05, 4.69) is 246 Å². The van der Waals surface area contributed by atoms with Crippen LogP contribution in [0.25, 0.3) is 44.5 Å². The standard InChI is InChI=1S/C67H48/c1-41-21-29-45(30-22-41)65(46-31-23-42(2)24-32-46)57-17-9-5-13-49(57)53-39-63-55(37-61(53)65)51-15-7-11-19-59(51)67(63)60-20-12-8-16-52(60)56-38-62-54(40-64(56)67)50-14-6-10-18-58(50)66(62,47-33-25-43(3)26-34-47)48-35-27-44(4)28-36-48/h5-40H,1-4H3. The summed E-state index contributed by atoms with van der Waals surface area (Å²) in [6.45, 7) is 8.77. The third-order valence-electron chi connectivity index (χ3n) is 16.4. The fourth-order valence-electron chi connectivity index (χ4n) is 13.5. The predicted octanol–water partition coefficient (Wildman–Crippen LogP) is 16.0. The van der Waals surface area contributed by atoms with Crippen molar-refractivity contribution >= 4 is 0 Å². The molecule has 0 heterocycles. The Bertz CT molecular complexity index is 3350. The molecule has 0 saturated carbocycles. The Morgan fingerprint density at radius 1 is 0.194 bits per heavy atom. The molecule has 14 rings (SSSR count). The maximum atomic E-state index is 2.63. The van der Waals surface area contributed by atoms with Crippen LogP contribution in [-0.4, -0.2) is 0 Å². The molecule has 0 fully saturated rings. The minimum Gasteiger partial charge on any atom is -0.0619 e. The molecule has 10 aromatic carbocycles. The van der Waals surface area contributed by atoms with Gasteiger partial charge in [-0.05, 0) is 163 Å². The van der Waals surface area contributed by atoms with Crippen LogP contribution in [0.3, 0.4) is 0 Å². The second kappa shape index (κ2) is 13.6. The highest BCUT2D eigenvalue weighted by molar-refractivity contribution is 6.01. The molecule has 0 radical (unpaired) electrons. The second-order valence-corrected chi connectivity index (χ2v) is 19.8. The maximum Gasteiger partial charge on any atom is 0.0725 e. The molecule has 0 atom stereocenters. The molecule has 0 nitrogen and oxygen atoms in total. The average Bonchev–Trinajstić information content (AvgIpc) is 4.03. The topological polar surface area (TPSA) is 0 Å². The summed E-state index contributed by atoms with van der Waals surface area (Å²) in [5, 5.41) is 0. The van der Waals surface area contributed by atoms with Crippen LogP contribution in [0.1, 0.15) is 89.0 Å². The van der Waals surface area contributed by atoms with Gasteiger partial charge in [-0.2, -0.15) is 0 Å². The minimum absolute atomic E-state index is 0.502. The molecule has 316 valence electrons. The van der Waals surface area contributed by atoms with Crippen LogP contribution in [-0.2, 0) is 16.2 Å². The van der Waals surface area contributed by atoms with Gasteiger partial charge in [-0.15, -0.1) is 0 Å². The van der Waals surface area contributed by atoms with E-state index >= 15 is 0 Å². The third-order valence-corrected chi connectivity index (χ3v) is 16.4. The van der Waals surface area contributed by atoms with Crippen LogP contribution in [0, 0.1) is 27.7 Å². The third kappa shape index (κ3) is 4.78. The highest BCUT2D eigenvalue weighted by Gasteiger charge is 2.56. The Morgan fingerprint density at radius 3 is 0.657 bits per heavy atom. The zero-order valence-corrected chi connectivity index (χ0v) is 38.3. The van der Waals surface area contributed by atoms with Crippen LogP contribution in [0.5, 0.6) is 0 Å². The van der Waals surface area contributed by atoms with E-state index < -0.39 is 16.2 Å². The smallest absolute Gasteiger partial charge is 0.0619 e. The van der Waals surface area contributed by atoms with Crippen LogP contribution in [0.2, 0.25) is 0 Å². The molecule has 1 spiro atoms. The first-order chi connectivity index (χ1) is 32.8. The number of fused-ring (bicyclic) bond motifs is 16. The molecule has 0 unspecified atom stereocenters. The average molecular weight is 853 g/mol. The Kier molecular flexibility index (Phi) is 7.83. The molecule has 4 aliphatic rings. The second-order valence-electron chi connectivity index (χ2n) is 19.8. The molecule has 0 heteroatoms. The first kappa shape index (κ1) is 38.5. The highest BCUT2D eigenvalue weighted by Crippen LogP contribution is 2.68. The Labute approximate surface area is 393 Å². The van der Waals surface area contributed by atoms with E-state index in [9.17, 15) is 0 Å². The lowest BCUT2D eigenvalue weighted by Crippen LogP contribution is -2.29. The van der Waals surface area contributed by atoms with Gasteiger partial charge in [0, 0.05) is 0 Å². The van der Waals surface area contributed by atoms with E-state index in [0.29, 0.717) is 0 Å². The monoisotopic (exact) mass is 852 g/mol. The Hall–Kier alpha value is -7.80. The van der Waals surface area contributed by atoms with E-state index in [-0.39, 0.29) is 0 Å². The molecule has 0 amide bonds. The first-order valence-electron chi connectivity index (χ1n) is 23.9. The van der Waals surface area contributed by atoms with E-state index in [1.54, 1.807) is 0 Å². The summed E-state index contributed by atoms with van der Waals surface area (Å²) in [5.41, 5.74) is 30.1. The van der Waals surface area contributed by atoms with Crippen LogP contribution in [0.4, 0.5) is 0 Å². The first-order valence-corrected chi connectivity index (χ1v) is 23.9. The maximum absolute atomic E-state index is 2.63. The Morgan fingerprint density at radius 2 is 0.403 bits per heavy atom. The van der Waals surface area contributed by atoms with Gasteiger partial charge in [0.1, 0.15) is 0 Å². The summed E-state index contributed by atoms with van der Waals surface area (Å²) < 4.78 is 0. The van der Waals surface area contributed by atoms with Crippen molar-refractivity contribution in [1.82, 2.24) is 0 Å². The number of hydrogen-bond acceptors (Lipinski definition) is 0. The SMILES string of the molecule is Cc1ccc(C2(c3ccc(C)cc3)c3ccccc3-c3cc4c(cc32)-c2ccccc2C42c3ccccc3-c3cc4c(cc32)-c2ccccc2C4(c2ccc(C)cc2)c2ccc(C)cc2)cc1. The lowest BCUT2D eigenvalue weighted by atomic mass is 9.66. The van der Waals surface area contributed by atoms with Crippen molar-refractivity contribution in [2.24, 2.45) is 0 Å². The molecule has 4 aliphatic carbocycles. The molecular formula is C67H48. The van der Waals surface area contributed by atoms with Crippen molar-refractivity contribution in [2.45, 2.75) is 43.9 Å². The van der Waals surface area contributed by atoms with Gasteiger partial charge in [-0.3, -0.25) is 0 Å². The van der Waals surface area contributed by atoms with Gasteiger partial charge in [0.2, 0.25) is 0 Å². The molecular weight excluding hydrogens is 805 g/mol. The lowest BCUT2D eigenvalue weighted by molar-refractivity contribution is 0.761. The zero-order valence-electron chi connectivity index (χ0n) is 38.3. The van der Waals surface area contributed by atoms with Crippen molar-refractivity contribution in [3.63, 3.8) is 0 Å². The molecule has 67 heavy (non-hydrogen) atoms. The van der Waals surface area contributed by atoms with E-state index in [0.717, 1.165) is 0 Å². The fourth-order valence-corrected chi connectivity index (χ4v) is 13.5. The summed E-state index contributed by atoms with van der Waals surface area (Å²) in [7, 11) is 0. The fraction of sp³-hybridized carbons (Fsp3) is 0.104. The van der Waals surface area contributed by atoms with Crippen LogP contribution < -0.4 is 0 Å². The zero-order chi connectivity index (χ0) is 44.8. The van der Waals surface area contributed by atoms with Gasteiger partial charge in [0.25, 0.3) is 0 Å².